The number of benzene rings is 1. The van der Waals surface area contributed by atoms with E-state index in [0.717, 1.165) is 10.1 Å². The summed E-state index contributed by atoms with van der Waals surface area (Å²) in [5.41, 5.74) is 1.14. The van der Waals surface area contributed by atoms with Crippen molar-refractivity contribution in [2.45, 2.75) is 6.92 Å². The summed E-state index contributed by atoms with van der Waals surface area (Å²) >= 11 is 0. The quantitative estimate of drug-likeness (QED) is 0.722. The number of aryl methyl sites for hydroxylation is 1. The number of anilines is 1. The van der Waals surface area contributed by atoms with E-state index in [1.165, 1.54) is 18.5 Å². The number of nitrogens with zero attached hydrogens (tertiary/aromatic N) is 3. The average molecular weight is 313 g/mol. The lowest BCUT2D eigenvalue weighted by Crippen LogP contribution is -2.36. The molecule has 23 heavy (non-hydrogen) atoms. The summed E-state index contributed by atoms with van der Waals surface area (Å²) in [5.74, 6) is 0.327. The lowest BCUT2D eigenvalue weighted by atomic mass is 10.2. The van der Waals surface area contributed by atoms with E-state index in [0.29, 0.717) is 17.2 Å². The number of aromatic nitrogens is 4. The predicted molar refractivity (Wildman–Crippen MR) is 86.3 cm³/mol. The maximum atomic E-state index is 12.2. The van der Waals surface area contributed by atoms with Crippen LogP contribution < -0.4 is 16.6 Å². The number of carbonyl (C=O) groups is 1. The Kier molecular flexibility index (Phi) is 3.36. The minimum absolute atomic E-state index is 0.153. The largest absolute Gasteiger partial charge is 0.332 e. The standard InChI is InChI=1S/C15H15N5O3/c1-8(21)16-10-6-4-9(5-7-10)12-17-11-13(18-12)19(2)15(23)20(3)14(11)22/h4-7H,1-3H3,(H,16,21)(H,17,18). The number of aromatic amines is 1. The summed E-state index contributed by atoms with van der Waals surface area (Å²) < 4.78 is 2.35. The molecule has 3 aromatic rings. The molecule has 1 amide bonds. The normalized spacial score (nSPS) is 10.9. The summed E-state index contributed by atoms with van der Waals surface area (Å²) in [4.78, 5) is 42.4. The van der Waals surface area contributed by atoms with Gasteiger partial charge in [-0.15, -0.1) is 0 Å². The number of imidazole rings is 1. The predicted octanol–water partition coefficient (Wildman–Crippen LogP) is 0.586. The van der Waals surface area contributed by atoms with Gasteiger partial charge >= 0.3 is 5.69 Å². The van der Waals surface area contributed by atoms with Gasteiger partial charge in [0.15, 0.2) is 5.65 Å². The molecular formula is C15H15N5O3. The molecule has 0 spiro atoms. The van der Waals surface area contributed by atoms with Crippen molar-refractivity contribution in [1.29, 1.82) is 0 Å². The first-order valence-electron chi connectivity index (χ1n) is 6.92. The summed E-state index contributed by atoms with van der Waals surface area (Å²) in [6.45, 7) is 1.43. The van der Waals surface area contributed by atoms with E-state index in [9.17, 15) is 14.4 Å². The van der Waals surface area contributed by atoms with Gasteiger partial charge in [-0.05, 0) is 24.3 Å². The van der Waals surface area contributed by atoms with Gasteiger partial charge in [0.25, 0.3) is 5.56 Å². The first kappa shape index (κ1) is 14.8. The zero-order valence-electron chi connectivity index (χ0n) is 12.9. The number of amides is 1. The lowest BCUT2D eigenvalue weighted by molar-refractivity contribution is -0.114. The molecule has 3 rings (SSSR count). The first-order valence-corrected chi connectivity index (χ1v) is 6.92. The molecule has 0 saturated heterocycles. The van der Waals surface area contributed by atoms with Gasteiger partial charge in [0.05, 0.1) is 0 Å². The molecule has 0 fully saturated rings. The molecule has 2 aromatic heterocycles. The lowest BCUT2D eigenvalue weighted by Gasteiger charge is -2.02. The highest BCUT2D eigenvalue weighted by atomic mass is 16.2. The number of H-pyrrole nitrogens is 1. The fraction of sp³-hybridized carbons (Fsp3) is 0.200. The van der Waals surface area contributed by atoms with E-state index in [-0.39, 0.29) is 11.4 Å². The minimum Gasteiger partial charge on any atom is -0.332 e. The fourth-order valence-corrected chi connectivity index (χ4v) is 2.38. The minimum atomic E-state index is -0.429. The number of nitrogens with one attached hydrogen (secondary N) is 2. The Bertz CT molecular complexity index is 1020. The maximum Gasteiger partial charge on any atom is 0.332 e. The van der Waals surface area contributed by atoms with E-state index in [4.69, 9.17) is 0 Å². The van der Waals surface area contributed by atoms with Gasteiger partial charge in [0, 0.05) is 32.3 Å². The van der Waals surface area contributed by atoms with Gasteiger partial charge < -0.3 is 10.3 Å². The van der Waals surface area contributed by atoms with E-state index in [1.54, 1.807) is 31.3 Å². The third-order valence-corrected chi connectivity index (χ3v) is 3.57. The highest BCUT2D eigenvalue weighted by molar-refractivity contribution is 5.89. The van der Waals surface area contributed by atoms with Gasteiger partial charge in [-0.25, -0.2) is 9.78 Å². The van der Waals surface area contributed by atoms with E-state index in [2.05, 4.69) is 15.3 Å². The smallest absolute Gasteiger partial charge is 0.332 e. The van der Waals surface area contributed by atoms with Crippen LogP contribution in [0.25, 0.3) is 22.6 Å². The van der Waals surface area contributed by atoms with Gasteiger partial charge in [-0.1, -0.05) is 0 Å². The molecule has 2 N–H and O–H groups in total. The Morgan fingerprint density at radius 3 is 2.39 bits per heavy atom. The summed E-state index contributed by atoms with van der Waals surface area (Å²) in [6, 6.07) is 7.01. The van der Waals surface area contributed by atoms with Crippen LogP contribution in [-0.4, -0.2) is 25.0 Å². The second kappa shape index (κ2) is 5.24. The Balaban J connectivity index is 2.13. The molecule has 0 radical (unpaired) electrons. The van der Waals surface area contributed by atoms with Crippen LogP contribution >= 0.6 is 0 Å². The van der Waals surface area contributed by atoms with Crippen molar-refractivity contribution in [3.05, 3.63) is 45.1 Å². The number of carbonyl (C=O) groups excluding carboxylic acids is 1. The summed E-state index contributed by atoms with van der Waals surface area (Å²) in [7, 11) is 2.99. The topological polar surface area (TPSA) is 102 Å². The maximum absolute atomic E-state index is 12.2. The molecule has 0 aliphatic rings. The summed E-state index contributed by atoms with van der Waals surface area (Å²) in [5, 5.41) is 2.67. The molecule has 0 aliphatic carbocycles. The zero-order valence-corrected chi connectivity index (χ0v) is 12.9. The zero-order chi connectivity index (χ0) is 16.7. The van der Waals surface area contributed by atoms with Gasteiger partial charge in [-0.2, -0.15) is 0 Å². The molecular weight excluding hydrogens is 298 g/mol. The molecule has 2 heterocycles. The van der Waals surface area contributed by atoms with Crippen LogP contribution in [0.3, 0.4) is 0 Å². The highest BCUT2D eigenvalue weighted by Crippen LogP contribution is 2.20. The number of rotatable bonds is 2. The molecule has 0 saturated carbocycles. The van der Waals surface area contributed by atoms with Crippen LogP contribution in [0.4, 0.5) is 5.69 Å². The van der Waals surface area contributed by atoms with Crippen molar-refractivity contribution in [2.75, 3.05) is 5.32 Å². The van der Waals surface area contributed by atoms with Crippen molar-refractivity contribution in [2.24, 2.45) is 14.1 Å². The van der Waals surface area contributed by atoms with Crippen molar-refractivity contribution < 1.29 is 4.79 Å². The molecule has 118 valence electrons. The van der Waals surface area contributed by atoms with Crippen LogP contribution in [0.1, 0.15) is 6.92 Å². The SMILES string of the molecule is CC(=O)Nc1ccc(-c2nc3c([nH]2)c(=O)n(C)c(=O)n3C)cc1. The number of fused-ring (bicyclic) bond motifs is 1. The van der Waals surface area contributed by atoms with Crippen LogP contribution in [0.15, 0.2) is 33.9 Å². The Morgan fingerprint density at radius 1 is 1.13 bits per heavy atom. The third kappa shape index (κ3) is 2.44. The average Bonchev–Trinajstić information content (AvgIpc) is 2.96. The van der Waals surface area contributed by atoms with Gasteiger partial charge in [0.2, 0.25) is 5.91 Å². The van der Waals surface area contributed by atoms with Gasteiger partial charge in [-0.3, -0.25) is 18.7 Å². The molecule has 1 aromatic carbocycles. The molecule has 8 heteroatoms. The van der Waals surface area contributed by atoms with Crippen LogP contribution in [0.2, 0.25) is 0 Å². The van der Waals surface area contributed by atoms with Crippen LogP contribution in [-0.2, 0) is 18.9 Å². The third-order valence-electron chi connectivity index (χ3n) is 3.57. The van der Waals surface area contributed by atoms with E-state index >= 15 is 0 Å². The number of hydrogen-bond acceptors (Lipinski definition) is 4. The number of hydrogen-bond donors (Lipinski definition) is 2. The Hall–Kier alpha value is -3.16. The highest BCUT2D eigenvalue weighted by Gasteiger charge is 2.14. The second-order valence-corrected chi connectivity index (χ2v) is 5.25. The van der Waals surface area contributed by atoms with Gasteiger partial charge in [0.1, 0.15) is 11.3 Å². The van der Waals surface area contributed by atoms with Crippen LogP contribution in [0.5, 0.6) is 0 Å². The van der Waals surface area contributed by atoms with Crippen molar-refractivity contribution in [3.63, 3.8) is 0 Å². The monoisotopic (exact) mass is 313 g/mol. The van der Waals surface area contributed by atoms with Crippen molar-refractivity contribution in [1.82, 2.24) is 19.1 Å². The molecule has 0 bridgehead atoms. The Labute approximate surface area is 130 Å². The van der Waals surface area contributed by atoms with E-state index < -0.39 is 11.2 Å². The molecule has 0 unspecified atom stereocenters. The van der Waals surface area contributed by atoms with Crippen molar-refractivity contribution in [3.8, 4) is 11.4 Å². The molecule has 0 atom stereocenters. The first-order chi connectivity index (χ1) is 10.9. The van der Waals surface area contributed by atoms with E-state index in [1.807, 2.05) is 0 Å². The summed E-state index contributed by atoms with van der Waals surface area (Å²) in [6.07, 6.45) is 0. The fourth-order valence-electron chi connectivity index (χ4n) is 2.38. The molecule has 8 nitrogen and oxygen atoms in total. The van der Waals surface area contributed by atoms with Crippen LogP contribution in [0, 0.1) is 0 Å². The molecule has 0 aliphatic heterocycles. The van der Waals surface area contributed by atoms with Crippen molar-refractivity contribution >= 4 is 22.8 Å². The Morgan fingerprint density at radius 2 is 1.78 bits per heavy atom. The second-order valence-electron chi connectivity index (χ2n) is 5.25.